The Morgan fingerprint density at radius 2 is 0.424 bits per heavy atom. The van der Waals surface area contributed by atoms with E-state index in [0.29, 0.717) is 31.6 Å². The average molecular weight is 1450 g/mol. The SMILES string of the molecule is CC(C)CCCCCCCCCCCCCCCCCCCCC(=O)O[C@H](COC(=O)CCCCCCCCC(C)C)COP(=O)(O)OCC(O)COP(=O)(O)OC[C@@H](COC(=O)CCCCCCCCCCCCCCCCCC(C)C)OC(=O)CCCCCCCCCCC(C)C. The maximum absolute atomic E-state index is 13.1. The molecule has 0 spiro atoms. The summed E-state index contributed by atoms with van der Waals surface area (Å²) >= 11 is 0. The molecule has 0 radical (unpaired) electrons. The van der Waals surface area contributed by atoms with Crippen LogP contribution in [0.25, 0.3) is 0 Å². The van der Waals surface area contributed by atoms with Crippen LogP contribution < -0.4 is 0 Å². The largest absolute Gasteiger partial charge is 0.472 e. The minimum absolute atomic E-state index is 0.104. The summed E-state index contributed by atoms with van der Waals surface area (Å²) in [6.07, 6.45) is 55.9. The van der Waals surface area contributed by atoms with Crippen molar-refractivity contribution in [3.05, 3.63) is 0 Å². The summed E-state index contributed by atoms with van der Waals surface area (Å²) in [5.41, 5.74) is 0. The quantitative estimate of drug-likeness (QED) is 0.0222. The van der Waals surface area contributed by atoms with Crippen molar-refractivity contribution in [3.63, 3.8) is 0 Å². The Labute approximate surface area is 607 Å². The van der Waals surface area contributed by atoms with Crippen LogP contribution in [0, 0.1) is 23.7 Å². The minimum atomic E-state index is -4.96. The number of hydrogen-bond acceptors (Lipinski definition) is 15. The molecule has 0 heterocycles. The van der Waals surface area contributed by atoms with Crippen molar-refractivity contribution in [2.45, 2.75) is 427 Å². The molecule has 3 unspecified atom stereocenters. The zero-order chi connectivity index (χ0) is 73.1. The van der Waals surface area contributed by atoms with Gasteiger partial charge in [0, 0.05) is 25.7 Å². The summed E-state index contributed by atoms with van der Waals surface area (Å²) in [4.78, 5) is 72.9. The van der Waals surface area contributed by atoms with E-state index in [-0.39, 0.29) is 25.7 Å². The highest BCUT2D eigenvalue weighted by atomic mass is 31.2. The van der Waals surface area contributed by atoms with Gasteiger partial charge >= 0.3 is 39.5 Å². The topological polar surface area (TPSA) is 237 Å². The zero-order valence-corrected chi connectivity index (χ0v) is 66.9. The van der Waals surface area contributed by atoms with E-state index in [9.17, 15) is 43.2 Å². The van der Waals surface area contributed by atoms with Crippen LogP contribution >= 0.6 is 15.6 Å². The fourth-order valence-corrected chi connectivity index (χ4v) is 13.8. The van der Waals surface area contributed by atoms with E-state index in [1.165, 1.54) is 205 Å². The molecule has 0 aliphatic rings. The fourth-order valence-electron chi connectivity index (χ4n) is 12.3. The van der Waals surface area contributed by atoms with Gasteiger partial charge in [0.05, 0.1) is 26.4 Å². The van der Waals surface area contributed by atoms with E-state index in [0.717, 1.165) is 114 Å². The van der Waals surface area contributed by atoms with Gasteiger partial charge in [-0.25, -0.2) is 9.13 Å². The van der Waals surface area contributed by atoms with Gasteiger partial charge in [-0.3, -0.25) is 37.3 Å². The highest BCUT2D eigenvalue weighted by molar-refractivity contribution is 7.47. The standard InChI is InChI=1S/C80H156O17P2/c1-70(2)56-48-40-32-26-22-18-14-11-9-10-12-16-21-25-29-36-46-54-62-79(84)96-76(67-91-78(83)61-53-45-39-38-43-51-59-73(7)8)69-95-99(88,89)93-65-74(81)64-92-98(86,87)94-68-75(97-80(85)63-55-47-37-31-30-34-42-50-58-72(5)6)66-90-77(82)60-52-44-35-28-24-20-17-13-15-19-23-27-33-41-49-57-71(3)4/h70-76,81H,9-69H2,1-8H3,(H,86,87)(H,88,89)/t74?,75-,76-/m1/s1. The van der Waals surface area contributed by atoms with E-state index in [1.54, 1.807) is 0 Å². The molecule has 3 N–H and O–H groups in total. The van der Waals surface area contributed by atoms with Crippen LogP contribution in [0.4, 0.5) is 0 Å². The maximum atomic E-state index is 13.1. The number of ether oxygens (including phenoxy) is 4. The van der Waals surface area contributed by atoms with Crippen LogP contribution in [0.2, 0.25) is 0 Å². The summed E-state index contributed by atoms with van der Waals surface area (Å²) in [5, 5.41) is 10.6. The maximum Gasteiger partial charge on any atom is 0.472 e. The summed E-state index contributed by atoms with van der Waals surface area (Å²) in [6.45, 7) is 14.2. The number of carbonyl (C=O) groups is 4. The summed E-state index contributed by atoms with van der Waals surface area (Å²) in [6, 6.07) is 0. The second kappa shape index (κ2) is 69.1. The number of phosphoric ester groups is 2. The summed E-state index contributed by atoms with van der Waals surface area (Å²) in [5.74, 6) is 0.904. The van der Waals surface area contributed by atoms with Crippen LogP contribution in [0.3, 0.4) is 0 Å². The number of aliphatic hydroxyl groups is 1. The number of aliphatic hydroxyl groups excluding tert-OH is 1. The first-order chi connectivity index (χ1) is 47.6. The lowest BCUT2D eigenvalue weighted by atomic mass is 10.0. The van der Waals surface area contributed by atoms with E-state index in [4.69, 9.17) is 37.0 Å². The van der Waals surface area contributed by atoms with Crippen molar-refractivity contribution < 1.29 is 80.2 Å². The molecular weight excluding hydrogens is 1290 g/mol. The van der Waals surface area contributed by atoms with Crippen molar-refractivity contribution in [1.29, 1.82) is 0 Å². The first-order valence-electron chi connectivity index (χ1n) is 41.2. The Balaban J connectivity index is 5.14. The smallest absolute Gasteiger partial charge is 0.462 e. The lowest BCUT2D eigenvalue weighted by Gasteiger charge is -2.21. The van der Waals surface area contributed by atoms with Gasteiger partial charge in [-0.2, -0.15) is 0 Å². The molecule has 588 valence electrons. The zero-order valence-electron chi connectivity index (χ0n) is 65.1. The van der Waals surface area contributed by atoms with Crippen LogP contribution in [-0.4, -0.2) is 96.7 Å². The Morgan fingerprint density at radius 1 is 0.253 bits per heavy atom. The second-order valence-electron chi connectivity index (χ2n) is 30.7. The molecular formula is C80H156O17P2. The van der Waals surface area contributed by atoms with E-state index in [2.05, 4.69) is 55.4 Å². The summed E-state index contributed by atoms with van der Waals surface area (Å²) < 4.78 is 68.6. The molecule has 0 aromatic heterocycles. The number of hydrogen-bond donors (Lipinski definition) is 3. The van der Waals surface area contributed by atoms with Crippen molar-refractivity contribution >= 4 is 39.5 Å². The monoisotopic (exact) mass is 1450 g/mol. The molecule has 0 fully saturated rings. The normalized spacial score (nSPS) is 14.1. The highest BCUT2D eigenvalue weighted by Gasteiger charge is 2.30. The molecule has 0 amide bonds. The van der Waals surface area contributed by atoms with Crippen molar-refractivity contribution in [2.24, 2.45) is 23.7 Å². The van der Waals surface area contributed by atoms with Crippen LogP contribution in [0.15, 0.2) is 0 Å². The third-order valence-corrected chi connectivity index (χ3v) is 20.5. The predicted molar refractivity (Wildman–Crippen MR) is 404 cm³/mol. The molecule has 0 aromatic rings. The minimum Gasteiger partial charge on any atom is -0.462 e. The molecule has 0 aliphatic carbocycles. The first kappa shape index (κ1) is 97.1. The van der Waals surface area contributed by atoms with Gasteiger partial charge in [-0.15, -0.1) is 0 Å². The van der Waals surface area contributed by atoms with Crippen molar-refractivity contribution in [3.8, 4) is 0 Å². The Morgan fingerprint density at radius 3 is 0.626 bits per heavy atom. The molecule has 0 saturated heterocycles. The van der Waals surface area contributed by atoms with E-state index in [1.807, 2.05) is 0 Å². The van der Waals surface area contributed by atoms with Gasteiger partial charge in [0.1, 0.15) is 19.3 Å². The molecule has 0 aliphatic heterocycles. The Kier molecular flexibility index (Phi) is 67.8. The molecule has 5 atom stereocenters. The van der Waals surface area contributed by atoms with Crippen molar-refractivity contribution in [1.82, 2.24) is 0 Å². The van der Waals surface area contributed by atoms with E-state index >= 15 is 0 Å². The van der Waals surface area contributed by atoms with Crippen molar-refractivity contribution in [2.75, 3.05) is 39.6 Å². The number of rotatable bonds is 77. The van der Waals surface area contributed by atoms with Gasteiger partial charge in [-0.1, -0.05) is 357 Å². The highest BCUT2D eigenvalue weighted by Crippen LogP contribution is 2.45. The third-order valence-electron chi connectivity index (χ3n) is 18.6. The van der Waals surface area contributed by atoms with Crippen LogP contribution in [0.1, 0.15) is 409 Å². The molecule has 17 nitrogen and oxygen atoms in total. The number of carbonyl (C=O) groups excluding carboxylic acids is 4. The fraction of sp³-hybridized carbons (Fsp3) is 0.950. The van der Waals surface area contributed by atoms with Gasteiger partial charge in [-0.05, 0) is 49.4 Å². The molecule has 0 bridgehead atoms. The van der Waals surface area contributed by atoms with Crippen LogP contribution in [-0.2, 0) is 65.4 Å². The van der Waals surface area contributed by atoms with Crippen LogP contribution in [0.5, 0.6) is 0 Å². The molecule has 0 aromatic carbocycles. The first-order valence-corrected chi connectivity index (χ1v) is 44.2. The lowest BCUT2D eigenvalue weighted by molar-refractivity contribution is -0.161. The molecule has 0 rings (SSSR count). The molecule has 99 heavy (non-hydrogen) atoms. The number of phosphoric acid groups is 2. The second-order valence-corrected chi connectivity index (χ2v) is 33.6. The lowest BCUT2D eigenvalue weighted by Crippen LogP contribution is -2.30. The predicted octanol–water partition coefficient (Wildman–Crippen LogP) is 23.6. The van der Waals surface area contributed by atoms with Gasteiger partial charge < -0.3 is 33.8 Å². The molecule has 0 saturated carbocycles. The van der Waals surface area contributed by atoms with Gasteiger partial charge in [0.2, 0.25) is 0 Å². The average Bonchev–Trinajstić information content (AvgIpc) is 1.07. The number of unbranched alkanes of at least 4 members (excludes halogenated alkanes) is 43. The third kappa shape index (κ3) is 74.1. The number of esters is 4. The molecule has 19 heteroatoms. The van der Waals surface area contributed by atoms with Gasteiger partial charge in [0.25, 0.3) is 0 Å². The Hall–Kier alpha value is -1.94. The van der Waals surface area contributed by atoms with E-state index < -0.39 is 97.5 Å². The van der Waals surface area contributed by atoms with Gasteiger partial charge in [0.15, 0.2) is 12.2 Å². The summed E-state index contributed by atoms with van der Waals surface area (Å²) in [7, 11) is -9.92. The Bertz CT molecular complexity index is 1940.